The highest BCUT2D eigenvalue weighted by Crippen LogP contribution is 2.25. The molecule has 1 amide bonds. The van der Waals surface area contributed by atoms with E-state index in [-0.39, 0.29) is 6.61 Å². The second-order valence-electron chi connectivity index (χ2n) is 4.68. The number of oxazole rings is 1. The number of ether oxygens (including phenoxy) is 1. The van der Waals surface area contributed by atoms with E-state index in [9.17, 15) is 4.79 Å². The molecule has 6 heteroatoms. The topological polar surface area (TPSA) is 78.3 Å². The molecule has 5 nitrogen and oxygen atoms in total. The smallest absolute Gasteiger partial charge is 0.252 e. The lowest BCUT2D eigenvalue weighted by Crippen LogP contribution is -2.13. The number of carbonyl (C=O) groups excluding carboxylic acids is 1. The molecule has 0 spiro atoms. The predicted molar refractivity (Wildman–Crippen MR) is 83.8 cm³/mol. The molecular formula is C16H14N2O3S. The molecule has 0 radical (unpaired) electrons. The van der Waals surface area contributed by atoms with Gasteiger partial charge in [0.15, 0.2) is 0 Å². The van der Waals surface area contributed by atoms with Crippen molar-refractivity contribution in [1.82, 2.24) is 4.98 Å². The number of hydrogen-bond donors (Lipinski definition) is 1. The third kappa shape index (κ3) is 2.87. The quantitative estimate of drug-likeness (QED) is 0.783. The standard InChI is InChI=1S/C16H14N2O3S/c1-10-13(18-16(21-10)11-6-7-22-9-11)8-20-14-5-3-2-4-12(14)15(17)19/h2-7,9H,8H2,1H3,(H2,17,19). The van der Waals surface area contributed by atoms with E-state index in [2.05, 4.69) is 4.98 Å². The fourth-order valence-electron chi connectivity index (χ4n) is 2.01. The Labute approximate surface area is 131 Å². The molecule has 0 atom stereocenters. The van der Waals surface area contributed by atoms with Crippen LogP contribution in [0.25, 0.3) is 11.5 Å². The number of nitrogens with zero attached hydrogens (tertiary/aromatic N) is 1. The third-order valence-electron chi connectivity index (χ3n) is 3.18. The van der Waals surface area contributed by atoms with E-state index in [1.807, 2.05) is 23.8 Å². The van der Waals surface area contributed by atoms with Crippen molar-refractivity contribution < 1.29 is 13.9 Å². The monoisotopic (exact) mass is 314 g/mol. The Balaban J connectivity index is 1.79. The van der Waals surface area contributed by atoms with E-state index >= 15 is 0 Å². The van der Waals surface area contributed by atoms with Crippen molar-refractivity contribution in [2.24, 2.45) is 5.73 Å². The van der Waals surface area contributed by atoms with Gasteiger partial charge in [-0.25, -0.2) is 4.98 Å². The Morgan fingerprint density at radius 3 is 2.91 bits per heavy atom. The van der Waals surface area contributed by atoms with Gasteiger partial charge in [0, 0.05) is 10.9 Å². The number of thiophene rings is 1. The van der Waals surface area contributed by atoms with Crippen LogP contribution in [0.3, 0.4) is 0 Å². The number of carbonyl (C=O) groups is 1. The molecule has 0 aliphatic carbocycles. The van der Waals surface area contributed by atoms with Crippen LogP contribution in [0, 0.1) is 6.92 Å². The van der Waals surface area contributed by atoms with Gasteiger partial charge in [-0.3, -0.25) is 4.79 Å². The molecule has 0 aliphatic rings. The van der Waals surface area contributed by atoms with Gasteiger partial charge in [0.2, 0.25) is 5.89 Å². The molecule has 0 saturated carbocycles. The van der Waals surface area contributed by atoms with Crippen LogP contribution in [0.2, 0.25) is 0 Å². The number of rotatable bonds is 5. The van der Waals surface area contributed by atoms with Crippen LogP contribution < -0.4 is 10.5 Å². The van der Waals surface area contributed by atoms with Gasteiger partial charge in [-0.1, -0.05) is 12.1 Å². The number of hydrogen-bond acceptors (Lipinski definition) is 5. The average Bonchev–Trinajstić information content (AvgIpc) is 3.15. The first-order chi connectivity index (χ1) is 10.6. The van der Waals surface area contributed by atoms with E-state index < -0.39 is 5.91 Å². The van der Waals surface area contributed by atoms with Crippen LogP contribution in [-0.2, 0) is 6.61 Å². The maximum Gasteiger partial charge on any atom is 0.252 e. The summed E-state index contributed by atoms with van der Waals surface area (Å²) < 4.78 is 11.3. The molecule has 3 rings (SSSR count). The van der Waals surface area contributed by atoms with Gasteiger partial charge in [0.25, 0.3) is 5.91 Å². The van der Waals surface area contributed by atoms with Crippen molar-refractivity contribution >= 4 is 17.2 Å². The molecule has 0 aliphatic heterocycles. The molecule has 0 saturated heterocycles. The summed E-state index contributed by atoms with van der Waals surface area (Å²) in [5.41, 5.74) is 7.32. The lowest BCUT2D eigenvalue weighted by molar-refractivity contribution is 0.0996. The average molecular weight is 314 g/mol. The first kappa shape index (κ1) is 14.3. The number of amides is 1. The lowest BCUT2D eigenvalue weighted by atomic mass is 10.2. The highest BCUT2D eigenvalue weighted by atomic mass is 32.1. The zero-order valence-electron chi connectivity index (χ0n) is 11.9. The Kier molecular flexibility index (Phi) is 3.93. The number of primary amides is 1. The minimum absolute atomic E-state index is 0.212. The van der Waals surface area contributed by atoms with Crippen molar-refractivity contribution in [2.75, 3.05) is 0 Å². The molecular weight excluding hydrogens is 300 g/mol. The van der Waals surface area contributed by atoms with Crippen molar-refractivity contribution in [3.05, 3.63) is 58.1 Å². The molecule has 2 N–H and O–H groups in total. The maximum absolute atomic E-state index is 11.4. The van der Waals surface area contributed by atoms with Gasteiger partial charge in [0.05, 0.1) is 5.56 Å². The second kappa shape index (κ2) is 6.03. The zero-order valence-corrected chi connectivity index (χ0v) is 12.7. The van der Waals surface area contributed by atoms with E-state index in [1.54, 1.807) is 35.6 Å². The van der Waals surface area contributed by atoms with Crippen LogP contribution >= 0.6 is 11.3 Å². The van der Waals surface area contributed by atoms with Gasteiger partial charge in [-0.2, -0.15) is 11.3 Å². The number of para-hydroxylation sites is 1. The molecule has 1 aromatic carbocycles. The summed E-state index contributed by atoms with van der Waals surface area (Å²) in [5, 5.41) is 3.94. The Morgan fingerprint density at radius 1 is 1.36 bits per heavy atom. The number of aryl methyl sites for hydroxylation is 1. The minimum Gasteiger partial charge on any atom is -0.486 e. The molecule has 22 heavy (non-hydrogen) atoms. The van der Waals surface area contributed by atoms with Crippen LogP contribution in [-0.4, -0.2) is 10.9 Å². The van der Waals surface area contributed by atoms with Gasteiger partial charge >= 0.3 is 0 Å². The third-order valence-corrected chi connectivity index (χ3v) is 3.86. The molecule has 3 aromatic rings. The Morgan fingerprint density at radius 2 is 2.18 bits per heavy atom. The first-order valence-electron chi connectivity index (χ1n) is 6.65. The molecule has 2 aromatic heterocycles. The van der Waals surface area contributed by atoms with Crippen molar-refractivity contribution in [3.63, 3.8) is 0 Å². The van der Waals surface area contributed by atoms with E-state index in [1.165, 1.54) is 0 Å². The predicted octanol–water partition coefficient (Wildman–Crippen LogP) is 3.39. The maximum atomic E-state index is 11.4. The molecule has 0 unspecified atom stereocenters. The summed E-state index contributed by atoms with van der Waals surface area (Å²) in [6, 6.07) is 8.81. The lowest BCUT2D eigenvalue weighted by Gasteiger charge is -2.07. The van der Waals surface area contributed by atoms with Gasteiger partial charge in [0.1, 0.15) is 23.8 Å². The van der Waals surface area contributed by atoms with Gasteiger partial charge < -0.3 is 14.9 Å². The SMILES string of the molecule is Cc1oc(-c2ccsc2)nc1COc1ccccc1C(N)=O. The fourth-order valence-corrected chi connectivity index (χ4v) is 2.64. The van der Waals surface area contributed by atoms with Crippen LogP contribution in [0.1, 0.15) is 21.8 Å². The van der Waals surface area contributed by atoms with Gasteiger partial charge in [-0.15, -0.1) is 0 Å². The van der Waals surface area contributed by atoms with Crippen molar-refractivity contribution in [3.8, 4) is 17.2 Å². The number of nitrogens with two attached hydrogens (primary N) is 1. The summed E-state index contributed by atoms with van der Waals surface area (Å²) in [5.74, 6) is 1.18. The molecule has 0 fully saturated rings. The van der Waals surface area contributed by atoms with Crippen molar-refractivity contribution in [1.29, 1.82) is 0 Å². The largest absolute Gasteiger partial charge is 0.486 e. The van der Waals surface area contributed by atoms with Crippen LogP contribution in [0.15, 0.2) is 45.5 Å². The summed E-state index contributed by atoms with van der Waals surface area (Å²) in [4.78, 5) is 15.8. The van der Waals surface area contributed by atoms with Gasteiger partial charge in [-0.05, 0) is 30.5 Å². The normalized spacial score (nSPS) is 10.6. The van der Waals surface area contributed by atoms with Crippen molar-refractivity contribution in [2.45, 2.75) is 13.5 Å². The van der Waals surface area contributed by atoms with Crippen LogP contribution in [0.5, 0.6) is 5.75 Å². The molecule has 2 heterocycles. The highest BCUT2D eigenvalue weighted by molar-refractivity contribution is 7.08. The van der Waals surface area contributed by atoms with E-state index in [4.69, 9.17) is 14.9 Å². The fraction of sp³-hybridized carbons (Fsp3) is 0.125. The summed E-state index contributed by atoms with van der Waals surface area (Å²) >= 11 is 1.58. The zero-order chi connectivity index (χ0) is 15.5. The molecule has 112 valence electrons. The number of aromatic nitrogens is 1. The summed E-state index contributed by atoms with van der Waals surface area (Å²) in [6.45, 7) is 2.05. The Hall–Kier alpha value is -2.60. The molecule has 0 bridgehead atoms. The summed E-state index contributed by atoms with van der Waals surface area (Å²) in [7, 11) is 0. The number of benzene rings is 1. The highest BCUT2D eigenvalue weighted by Gasteiger charge is 2.14. The Bertz CT molecular complexity index is 794. The minimum atomic E-state index is -0.522. The van der Waals surface area contributed by atoms with E-state index in [0.717, 1.165) is 5.56 Å². The first-order valence-corrected chi connectivity index (χ1v) is 7.60. The summed E-state index contributed by atoms with van der Waals surface area (Å²) in [6.07, 6.45) is 0. The van der Waals surface area contributed by atoms with Crippen LogP contribution in [0.4, 0.5) is 0 Å². The van der Waals surface area contributed by atoms with E-state index in [0.29, 0.717) is 28.7 Å². The second-order valence-corrected chi connectivity index (χ2v) is 5.46.